The summed E-state index contributed by atoms with van der Waals surface area (Å²) in [5.74, 6) is -0.517. The van der Waals surface area contributed by atoms with Crippen molar-refractivity contribution in [1.29, 1.82) is 0 Å². The number of amides is 1. The number of aromatic nitrogens is 3. The number of carbonyl (C=O) groups is 1. The molecule has 66 valence electrons. The standard InChI is InChI=1S/C8H8N4O/c1-12-6-4-10-3-2-5(6)7(11-12)8(9)13/h2-4H,1H3,(H2,9,13). The maximum atomic E-state index is 11.0. The van der Waals surface area contributed by atoms with E-state index < -0.39 is 5.91 Å². The second-order valence-corrected chi connectivity index (χ2v) is 2.73. The van der Waals surface area contributed by atoms with Gasteiger partial charge in [0.1, 0.15) is 0 Å². The summed E-state index contributed by atoms with van der Waals surface area (Å²) in [4.78, 5) is 14.9. The molecule has 0 bridgehead atoms. The van der Waals surface area contributed by atoms with E-state index in [4.69, 9.17) is 5.73 Å². The lowest BCUT2D eigenvalue weighted by Crippen LogP contribution is -2.12. The maximum absolute atomic E-state index is 11.0. The van der Waals surface area contributed by atoms with Crippen molar-refractivity contribution in [2.45, 2.75) is 0 Å². The van der Waals surface area contributed by atoms with Crippen LogP contribution in [-0.2, 0) is 7.05 Å². The first-order valence-corrected chi connectivity index (χ1v) is 3.76. The van der Waals surface area contributed by atoms with Crippen molar-refractivity contribution in [3.63, 3.8) is 0 Å². The number of fused-ring (bicyclic) bond motifs is 1. The van der Waals surface area contributed by atoms with Crippen LogP contribution in [0.25, 0.3) is 10.9 Å². The first-order chi connectivity index (χ1) is 6.20. The van der Waals surface area contributed by atoms with Gasteiger partial charge in [-0.25, -0.2) is 0 Å². The quantitative estimate of drug-likeness (QED) is 0.668. The first-order valence-electron chi connectivity index (χ1n) is 3.76. The number of pyridine rings is 1. The van der Waals surface area contributed by atoms with Crippen LogP contribution < -0.4 is 5.73 Å². The number of nitrogens with zero attached hydrogens (tertiary/aromatic N) is 3. The fourth-order valence-electron chi connectivity index (χ4n) is 1.28. The molecule has 2 aromatic rings. The number of nitrogens with two attached hydrogens (primary N) is 1. The Morgan fingerprint density at radius 2 is 2.38 bits per heavy atom. The fourth-order valence-corrected chi connectivity index (χ4v) is 1.28. The molecule has 0 spiro atoms. The molecule has 0 unspecified atom stereocenters. The molecule has 2 aromatic heterocycles. The number of rotatable bonds is 1. The molecule has 0 radical (unpaired) electrons. The average molecular weight is 176 g/mol. The summed E-state index contributed by atoms with van der Waals surface area (Å²) >= 11 is 0. The third kappa shape index (κ3) is 1.05. The van der Waals surface area contributed by atoms with Crippen molar-refractivity contribution in [3.05, 3.63) is 24.2 Å². The topological polar surface area (TPSA) is 73.8 Å². The van der Waals surface area contributed by atoms with Gasteiger partial charge in [0.05, 0.1) is 11.7 Å². The van der Waals surface area contributed by atoms with Crippen LogP contribution in [0.5, 0.6) is 0 Å². The summed E-state index contributed by atoms with van der Waals surface area (Å²) in [6, 6.07) is 1.72. The summed E-state index contributed by atoms with van der Waals surface area (Å²) in [7, 11) is 1.75. The number of primary amides is 1. The minimum absolute atomic E-state index is 0.292. The van der Waals surface area contributed by atoms with Crippen molar-refractivity contribution >= 4 is 16.8 Å². The highest BCUT2D eigenvalue weighted by atomic mass is 16.1. The van der Waals surface area contributed by atoms with Gasteiger partial charge in [0.25, 0.3) is 5.91 Å². The Hall–Kier alpha value is -1.91. The van der Waals surface area contributed by atoms with E-state index in [-0.39, 0.29) is 0 Å². The zero-order valence-corrected chi connectivity index (χ0v) is 7.06. The lowest BCUT2D eigenvalue weighted by atomic mass is 10.2. The zero-order chi connectivity index (χ0) is 9.42. The van der Waals surface area contributed by atoms with Crippen molar-refractivity contribution in [2.75, 3.05) is 0 Å². The van der Waals surface area contributed by atoms with Crippen molar-refractivity contribution in [3.8, 4) is 0 Å². The van der Waals surface area contributed by atoms with E-state index in [1.807, 2.05) is 0 Å². The summed E-state index contributed by atoms with van der Waals surface area (Å²) in [5, 5.41) is 4.73. The van der Waals surface area contributed by atoms with Crippen LogP contribution in [0.15, 0.2) is 18.5 Å². The molecule has 1 amide bonds. The molecule has 0 saturated heterocycles. The number of aryl methyl sites for hydroxylation is 1. The lowest BCUT2D eigenvalue weighted by Gasteiger charge is -1.89. The van der Waals surface area contributed by atoms with Crippen LogP contribution in [0.3, 0.4) is 0 Å². The van der Waals surface area contributed by atoms with Crippen molar-refractivity contribution in [2.24, 2.45) is 12.8 Å². The highest BCUT2D eigenvalue weighted by Crippen LogP contribution is 2.15. The third-order valence-corrected chi connectivity index (χ3v) is 1.89. The zero-order valence-electron chi connectivity index (χ0n) is 7.06. The molecule has 2 rings (SSSR count). The molecule has 5 nitrogen and oxygen atoms in total. The fraction of sp³-hybridized carbons (Fsp3) is 0.125. The molecule has 2 N–H and O–H groups in total. The summed E-state index contributed by atoms with van der Waals surface area (Å²) in [5.41, 5.74) is 6.25. The molecule has 0 aliphatic heterocycles. The minimum Gasteiger partial charge on any atom is -0.364 e. The van der Waals surface area contributed by atoms with Gasteiger partial charge in [0.15, 0.2) is 5.69 Å². The number of hydrogen-bond donors (Lipinski definition) is 1. The van der Waals surface area contributed by atoms with Crippen LogP contribution in [-0.4, -0.2) is 20.7 Å². The summed E-state index contributed by atoms with van der Waals surface area (Å²) < 4.78 is 1.59. The van der Waals surface area contributed by atoms with Crippen molar-refractivity contribution < 1.29 is 4.79 Å². The Labute approximate surface area is 74.2 Å². The molecule has 0 aliphatic carbocycles. The monoisotopic (exact) mass is 176 g/mol. The summed E-state index contributed by atoms with van der Waals surface area (Å²) in [6.07, 6.45) is 3.26. The van der Waals surface area contributed by atoms with E-state index in [0.717, 1.165) is 10.9 Å². The van der Waals surface area contributed by atoms with Gasteiger partial charge in [-0.2, -0.15) is 5.10 Å². The second-order valence-electron chi connectivity index (χ2n) is 2.73. The van der Waals surface area contributed by atoms with Gasteiger partial charge < -0.3 is 5.73 Å². The van der Waals surface area contributed by atoms with Gasteiger partial charge in [0.2, 0.25) is 0 Å². The van der Waals surface area contributed by atoms with E-state index in [1.54, 1.807) is 30.2 Å². The Bertz CT molecular complexity index is 474. The average Bonchev–Trinajstić information content (AvgIpc) is 2.45. The summed E-state index contributed by atoms with van der Waals surface area (Å²) in [6.45, 7) is 0. The predicted octanol–water partition coefficient (Wildman–Crippen LogP) is 0.0672. The third-order valence-electron chi connectivity index (χ3n) is 1.89. The normalized spacial score (nSPS) is 10.5. The molecular formula is C8H8N4O. The molecule has 0 aromatic carbocycles. The first kappa shape index (κ1) is 7.72. The Balaban J connectivity index is 2.85. The maximum Gasteiger partial charge on any atom is 0.269 e. The van der Waals surface area contributed by atoms with E-state index in [9.17, 15) is 4.79 Å². The van der Waals surface area contributed by atoms with E-state index in [1.165, 1.54) is 0 Å². The molecule has 0 fully saturated rings. The molecule has 0 atom stereocenters. The van der Waals surface area contributed by atoms with Crippen LogP contribution >= 0.6 is 0 Å². The van der Waals surface area contributed by atoms with Crippen LogP contribution in [0, 0.1) is 0 Å². The van der Waals surface area contributed by atoms with Gasteiger partial charge in [-0.15, -0.1) is 0 Å². The smallest absolute Gasteiger partial charge is 0.269 e. The van der Waals surface area contributed by atoms with Crippen molar-refractivity contribution in [1.82, 2.24) is 14.8 Å². The molecule has 5 heteroatoms. The lowest BCUT2D eigenvalue weighted by molar-refractivity contribution is 0.0996. The molecule has 13 heavy (non-hydrogen) atoms. The highest BCUT2D eigenvalue weighted by molar-refractivity contribution is 6.03. The molecular weight excluding hydrogens is 168 g/mol. The molecule has 0 aliphatic rings. The van der Waals surface area contributed by atoms with Gasteiger partial charge in [-0.3, -0.25) is 14.5 Å². The Kier molecular flexibility index (Phi) is 1.51. The van der Waals surface area contributed by atoms with E-state index >= 15 is 0 Å². The van der Waals surface area contributed by atoms with Gasteiger partial charge >= 0.3 is 0 Å². The Morgan fingerprint density at radius 1 is 1.62 bits per heavy atom. The van der Waals surface area contributed by atoms with Gasteiger partial charge in [-0.1, -0.05) is 0 Å². The number of hydrogen-bond acceptors (Lipinski definition) is 3. The SMILES string of the molecule is Cn1nc(C(N)=O)c2ccncc21. The minimum atomic E-state index is -0.517. The van der Waals surface area contributed by atoms with E-state index in [2.05, 4.69) is 10.1 Å². The van der Waals surface area contributed by atoms with Crippen LogP contribution in [0.4, 0.5) is 0 Å². The van der Waals surface area contributed by atoms with E-state index in [0.29, 0.717) is 5.69 Å². The number of carbonyl (C=O) groups excluding carboxylic acids is 1. The predicted molar refractivity (Wildman–Crippen MR) is 47.0 cm³/mol. The molecule has 2 heterocycles. The highest BCUT2D eigenvalue weighted by Gasteiger charge is 2.11. The second kappa shape index (κ2) is 2.55. The van der Waals surface area contributed by atoms with Crippen LogP contribution in [0.2, 0.25) is 0 Å². The van der Waals surface area contributed by atoms with Gasteiger partial charge in [-0.05, 0) is 6.07 Å². The van der Waals surface area contributed by atoms with Gasteiger partial charge in [0, 0.05) is 18.6 Å². The Morgan fingerprint density at radius 3 is 3.08 bits per heavy atom. The van der Waals surface area contributed by atoms with Crippen LogP contribution in [0.1, 0.15) is 10.5 Å². The molecule has 0 saturated carbocycles. The largest absolute Gasteiger partial charge is 0.364 e.